The lowest BCUT2D eigenvalue weighted by atomic mass is 9.92. The number of rotatable bonds is 6. The van der Waals surface area contributed by atoms with E-state index in [1.807, 2.05) is 0 Å². The quantitative estimate of drug-likeness (QED) is 0.136. The van der Waals surface area contributed by atoms with E-state index in [1.54, 1.807) is 0 Å². The summed E-state index contributed by atoms with van der Waals surface area (Å²) in [7, 11) is 0. The molecule has 15 heteroatoms. The van der Waals surface area contributed by atoms with Gasteiger partial charge in [0.15, 0.2) is 16.9 Å². The highest BCUT2D eigenvalue weighted by Crippen LogP contribution is 2.37. The van der Waals surface area contributed by atoms with Crippen LogP contribution in [-0.2, 0) is 15.9 Å². The maximum Gasteiger partial charge on any atom is 0.229 e. The lowest BCUT2D eigenvalue weighted by molar-refractivity contribution is -0.277. The molecule has 0 amide bonds. The number of hydrogen-bond donors (Lipinski definition) is 10. The van der Waals surface area contributed by atoms with E-state index in [1.165, 1.54) is 6.07 Å². The second-order valence-electron chi connectivity index (χ2n) is 10.2. The van der Waals surface area contributed by atoms with Gasteiger partial charge in [0.05, 0.1) is 19.3 Å². The predicted octanol–water partition coefficient (Wildman–Crippen LogP) is -2.22. The summed E-state index contributed by atoms with van der Waals surface area (Å²) in [5.41, 5.74) is -1.07. The summed E-state index contributed by atoms with van der Waals surface area (Å²) in [5.74, 6) is -2.01. The fourth-order valence-electron chi connectivity index (χ4n) is 5.01. The molecule has 0 radical (unpaired) electrons. The van der Waals surface area contributed by atoms with E-state index in [2.05, 4.69) is 0 Å². The van der Waals surface area contributed by atoms with E-state index in [4.69, 9.17) is 18.6 Å². The first kappa shape index (κ1) is 30.0. The van der Waals surface area contributed by atoms with Crippen LogP contribution in [-0.4, -0.2) is 119 Å². The van der Waals surface area contributed by atoms with Crippen molar-refractivity contribution in [3.8, 4) is 34.3 Å². The Morgan fingerprint density at radius 2 is 1.52 bits per heavy atom. The second kappa shape index (κ2) is 11.6. The Kier molecular flexibility index (Phi) is 8.30. The summed E-state index contributed by atoms with van der Waals surface area (Å²) >= 11 is 0. The molecule has 0 aliphatic carbocycles. The average molecular weight is 595 g/mol. The molecular weight excluding hydrogens is 564 g/mol. The fraction of sp³-hybridized carbons (Fsp3) is 0.444. The van der Waals surface area contributed by atoms with Crippen LogP contribution >= 0.6 is 0 Å². The van der Waals surface area contributed by atoms with Crippen molar-refractivity contribution in [3.05, 3.63) is 46.1 Å². The van der Waals surface area contributed by atoms with Gasteiger partial charge in [0.2, 0.25) is 6.29 Å². The van der Waals surface area contributed by atoms with Gasteiger partial charge in [-0.05, 0) is 18.2 Å². The summed E-state index contributed by atoms with van der Waals surface area (Å²) in [6.07, 6.45) is -14.1. The van der Waals surface area contributed by atoms with Crippen molar-refractivity contribution in [1.82, 2.24) is 0 Å². The van der Waals surface area contributed by atoms with E-state index < -0.39 is 84.4 Å². The minimum atomic E-state index is -1.76. The topological polar surface area (TPSA) is 260 Å². The monoisotopic (exact) mass is 594 g/mol. The maximum absolute atomic E-state index is 13.8. The number of phenolic OH excluding ortho intramolecular Hbond substituents is 3. The maximum atomic E-state index is 13.8. The van der Waals surface area contributed by atoms with Crippen molar-refractivity contribution in [3.63, 3.8) is 0 Å². The molecule has 42 heavy (non-hydrogen) atoms. The van der Waals surface area contributed by atoms with Gasteiger partial charge in [-0.15, -0.1) is 0 Å². The van der Waals surface area contributed by atoms with Gasteiger partial charge in [-0.2, -0.15) is 0 Å². The zero-order valence-electron chi connectivity index (χ0n) is 21.7. The number of phenols is 3. The standard InChI is InChI=1S/C27H30O15/c28-7-18-23(36)24(37)25(38)27(42-18)40-10-4-14(31)19-16(5-10)41-26(9-1-2-12(29)13(30)3-9)11(20(19)33)6-17-22(35)21(34)15(32)8-39-17/h1-5,15,17-18,21-25,27-32,34-38H,6-8H2. The van der Waals surface area contributed by atoms with Crippen molar-refractivity contribution in [2.24, 2.45) is 0 Å². The van der Waals surface area contributed by atoms with Gasteiger partial charge in [-0.1, -0.05) is 0 Å². The molecule has 228 valence electrons. The number of aliphatic hydroxyl groups excluding tert-OH is 7. The third kappa shape index (κ3) is 5.37. The van der Waals surface area contributed by atoms with Gasteiger partial charge in [-0.3, -0.25) is 4.79 Å². The summed E-state index contributed by atoms with van der Waals surface area (Å²) in [6.45, 7) is -1.04. The molecule has 2 aliphatic heterocycles. The fourth-order valence-corrected chi connectivity index (χ4v) is 5.01. The molecular formula is C27H30O15. The highest BCUT2D eigenvalue weighted by Gasteiger charge is 2.45. The van der Waals surface area contributed by atoms with Gasteiger partial charge < -0.3 is 69.7 Å². The van der Waals surface area contributed by atoms with Crippen LogP contribution in [0.1, 0.15) is 5.56 Å². The summed E-state index contributed by atoms with van der Waals surface area (Å²) < 4.78 is 22.3. The van der Waals surface area contributed by atoms with Crippen LogP contribution in [0.25, 0.3) is 22.3 Å². The molecule has 2 aromatic carbocycles. The third-order valence-corrected chi connectivity index (χ3v) is 7.39. The highest BCUT2D eigenvalue weighted by atomic mass is 16.7. The smallest absolute Gasteiger partial charge is 0.229 e. The third-order valence-electron chi connectivity index (χ3n) is 7.39. The van der Waals surface area contributed by atoms with Gasteiger partial charge in [0.1, 0.15) is 71.0 Å². The SMILES string of the molecule is O=c1c(CC2OCC(O)C(O)C2O)c(-c2ccc(O)c(O)c2)oc2cc(OC3OC(CO)C(O)C(O)C3O)cc(O)c12. The Balaban J connectivity index is 1.59. The molecule has 10 N–H and O–H groups in total. The molecule has 9 atom stereocenters. The molecule has 5 rings (SSSR count). The number of ether oxygens (including phenoxy) is 3. The second-order valence-corrected chi connectivity index (χ2v) is 10.2. The van der Waals surface area contributed by atoms with Crippen LogP contribution in [0.3, 0.4) is 0 Å². The Labute approximate surface area is 236 Å². The van der Waals surface area contributed by atoms with E-state index >= 15 is 0 Å². The molecule has 0 saturated carbocycles. The first-order valence-electron chi connectivity index (χ1n) is 12.9. The lowest BCUT2D eigenvalue weighted by Crippen LogP contribution is -2.60. The van der Waals surface area contributed by atoms with E-state index in [9.17, 15) is 55.9 Å². The Morgan fingerprint density at radius 3 is 2.21 bits per heavy atom. The molecule has 1 aromatic heterocycles. The largest absolute Gasteiger partial charge is 0.507 e. The molecule has 2 fully saturated rings. The number of benzene rings is 2. The first-order chi connectivity index (χ1) is 19.9. The minimum absolute atomic E-state index is 0.102. The molecule has 0 spiro atoms. The van der Waals surface area contributed by atoms with Gasteiger partial charge in [0, 0.05) is 29.7 Å². The van der Waals surface area contributed by atoms with E-state index in [0.29, 0.717) is 0 Å². The predicted molar refractivity (Wildman–Crippen MR) is 139 cm³/mol. The molecule has 15 nitrogen and oxygen atoms in total. The molecule has 0 bridgehead atoms. The highest BCUT2D eigenvalue weighted by molar-refractivity contribution is 5.87. The summed E-state index contributed by atoms with van der Waals surface area (Å²) in [4.78, 5) is 13.8. The molecule has 9 unspecified atom stereocenters. The zero-order chi connectivity index (χ0) is 30.5. The summed E-state index contributed by atoms with van der Waals surface area (Å²) in [6, 6.07) is 5.74. The average Bonchev–Trinajstić information content (AvgIpc) is 2.95. The van der Waals surface area contributed by atoms with Crippen molar-refractivity contribution in [2.75, 3.05) is 13.2 Å². The Hall–Kier alpha value is -3.51. The van der Waals surface area contributed by atoms with Crippen molar-refractivity contribution in [2.45, 2.75) is 61.5 Å². The summed E-state index contributed by atoms with van der Waals surface area (Å²) in [5, 5.41) is 101. The number of fused-ring (bicyclic) bond motifs is 1. The van der Waals surface area contributed by atoms with E-state index in [-0.39, 0.29) is 46.6 Å². The van der Waals surface area contributed by atoms with Crippen LogP contribution in [0.5, 0.6) is 23.0 Å². The van der Waals surface area contributed by atoms with Crippen LogP contribution in [0.2, 0.25) is 0 Å². The van der Waals surface area contributed by atoms with Gasteiger partial charge in [-0.25, -0.2) is 0 Å². The number of aliphatic hydroxyl groups is 7. The first-order valence-corrected chi connectivity index (χ1v) is 12.9. The lowest BCUT2D eigenvalue weighted by Gasteiger charge is -2.39. The van der Waals surface area contributed by atoms with Crippen LogP contribution in [0.4, 0.5) is 0 Å². The molecule has 3 heterocycles. The van der Waals surface area contributed by atoms with Crippen molar-refractivity contribution < 1.29 is 69.7 Å². The van der Waals surface area contributed by atoms with Crippen LogP contribution in [0.15, 0.2) is 39.5 Å². The Morgan fingerprint density at radius 1 is 0.810 bits per heavy atom. The minimum Gasteiger partial charge on any atom is -0.507 e. The van der Waals surface area contributed by atoms with E-state index in [0.717, 1.165) is 24.3 Å². The molecule has 2 aliphatic rings. The number of aromatic hydroxyl groups is 3. The van der Waals surface area contributed by atoms with Crippen molar-refractivity contribution in [1.29, 1.82) is 0 Å². The van der Waals surface area contributed by atoms with Gasteiger partial charge >= 0.3 is 0 Å². The van der Waals surface area contributed by atoms with Gasteiger partial charge in [0.25, 0.3) is 0 Å². The molecule has 2 saturated heterocycles. The number of hydrogen-bond acceptors (Lipinski definition) is 15. The molecule has 3 aromatic rings. The Bertz CT molecular complexity index is 1500. The zero-order valence-corrected chi connectivity index (χ0v) is 21.7. The normalized spacial score (nSPS) is 31.7. The van der Waals surface area contributed by atoms with Crippen LogP contribution < -0.4 is 10.2 Å². The van der Waals surface area contributed by atoms with Crippen molar-refractivity contribution >= 4 is 11.0 Å². The van der Waals surface area contributed by atoms with Crippen LogP contribution in [0, 0.1) is 0 Å².